The van der Waals surface area contributed by atoms with Gasteiger partial charge in [0, 0.05) is 38.9 Å². The molecule has 0 bridgehead atoms. The highest BCUT2D eigenvalue weighted by atomic mass is 16.3. The van der Waals surface area contributed by atoms with Crippen molar-refractivity contribution in [2.24, 2.45) is 0 Å². The standard InChI is InChI=1S/C17H21N7O/c25-10-9-24-17-15(11-21-24)16(19-13-20-17)23-7-5-22(6-8-23)12-14-3-1-2-4-18-14/h1-4,11,13,25H,5-10,12H2. The number of aliphatic hydroxyl groups is 1. The number of rotatable bonds is 5. The Morgan fingerprint density at radius 1 is 1.04 bits per heavy atom. The third-order valence-corrected chi connectivity index (χ3v) is 4.51. The molecule has 8 nitrogen and oxygen atoms in total. The van der Waals surface area contributed by atoms with Gasteiger partial charge in [0.25, 0.3) is 0 Å². The summed E-state index contributed by atoms with van der Waals surface area (Å²) in [6, 6.07) is 6.04. The number of hydrogen-bond donors (Lipinski definition) is 1. The monoisotopic (exact) mass is 339 g/mol. The summed E-state index contributed by atoms with van der Waals surface area (Å²) in [6.45, 7) is 5.11. The molecule has 0 saturated carbocycles. The Morgan fingerprint density at radius 3 is 2.68 bits per heavy atom. The van der Waals surface area contributed by atoms with Crippen LogP contribution in [0.25, 0.3) is 11.0 Å². The molecule has 3 aromatic rings. The molecular weight excluding hydrogens is 318 g/mol. The smallest absolute Gasteiger partial charge is 0.163 e. The topological polar surface area (TPSA) is 83.2 Å². The van der Waals surface area contributed by atoms with E-state index in [4.69, 9.17) is 5.11 Å². The Bertz CT molecular complexity index is 827. The lowest BCUT2D eigenvalue weighted by atomic mass is 10.2. The lowest BCUT2D eigenvalue weighted by molar-refractivity contribution is 0.247. The molecule has 0 unspecified atom stereocenters. The zero-order valence-electron chi connectivity index (χ0n) is 14.0. The van der Waals surface area contributed by atoms with Crippen LogP contribution in [0, 0.1) is 0 Å². The van der Waals surface area contributed by atoms with Crippen LogP contribution in [-0.4, -0.2) is 67.5 Å². The van der Waals surface area contributed by atoms with Gasteiger partial charge in [-0.25, -0.2) is 14.6 Å². The highest BCUT2D eigenvalue weighted by molar-refractivity contribution is 5.86. The van der Waals surface area contributed by atoms with Gasteiger partial charge in [-0.15, -0.1) is 0 Å². The Hall–Kier alpha value is -2.58. The van der Waals surface area contributed by atoms with Gasteiger partial charge in [0.1, 0.15) is 12.1 Å². The lowest BCUT2D eigenvalue weighted by Crippen LogP contribution is -2.46. The quantitative estimate of drug-likeness (QED) is 0.726. The van der Waals surface area contributed by atoms with Crippen molar-refractivity contribution in [2.75, 3.05) is 37.7 Å². The van der Waals surface area contributed by atoms with Gasteiger partial charge in [0.15, 0.2) is 5.65 Å². The van der Waals surface area contributed by atoms with Crippen molar-refractivity contribution in [3.05, 3.63) is 42.6 Å². The summed E-state index contributed by atoms with van der Waals surface area (Å²) in [4.78, 5) is 17.9. The van der Waals surface area contributed by atoms with E-state index in [0.717, 1.165) is 55.3 Å². The molecule has 0 aromatic carbocycles. The first kappa shape index (κ1) is 15.9. The Balaban J connectivity index is 1.46. The summed E-state index contributed by atoms with van der Waals surface area (Å²) < 4.78 is 1.72. The Kier molecular flexibility index (Phi) is 4.53. The molecule has 4 heterocycles. The van der Waals surface area contributed by atoms with Crippen LogP contribution in [0.3, 0.4) is 0 Å². The average molecular weight is 339 g/mol. The molecule has 0 atom stereocenters. The number of nitrogens with zero attached hydrogens (tertiary/aromatic N) is 7. The maximum atomic E-state index is 9.14. The van der Waals surface area contributed by atoms with Crippen LogP contribution in [0.1, 0.15) is 5.69 Å². The van der Waals surface area contributed by atoms with Crippen LogP contribution in [0.5, 0.6) is 0 Å². The fourth-order valence-electron chi connectivity index (χ4n) is 3.23. The van der Waals surface area contributed by atoms with Gasteiger partial charge in [-0.2, -0.15) is 5.10 Å². The average Bonchev–Trinajstić information content (AvgIpc) is 3.07. The van der Waals surface area contributed by atoms with E-state index in [2.05, 4.69) is 35.9 Å². The van der Waals surface area contributed by atoms with E-state index in [0.29, 0.717) is 6.54 Å². The van der Waals surface area contributed by atoms with Gasteiger partial charge in [0.05, 0.1) is 30.4 Å². The van der Waals surface area contributed by atoms with E-state index < -0.39 is 0 Å². The maximum absolute atomic E-state index is 9.14. The van der Waals surface area contributed by atoms with Crippen molar-refractivity contribution < 1.29 is 5.11 Å². The van der Waals surface area contributed by atoms with E-state index in [1.54, 1.807) is 17.2 Å². The number of fused-ring (bicyclic) bond motifs is 1. The molecular formula is C17H21N7O. The second-order valence-electron chi connectivity index (χ2n) is 6.11. The molecule has 3 aromatic heterocycles. The van der Waals surface area contributed by atoms with Crippen LogP contribution < -0.4 is 4.90 Å². The molecule has 1 fully saturated rings. The van der Waals surface area contributed by atoms with Gasteiger partial charge < -0.3 is 10.0 Å². The van der Waals surface area contributed by atoms with Crippen molar-refractivity contribution in [1.82, 2.24) is 29.6 Å². The molecule has 1 aliphatic heterocycles. The summed E-state index contributed by atoms with van der Waals surface area (Å²) in [6.07, 6.45) is 5.21. The first-order valence-electron chi connectivity index (χ1n) is 8.50. The minimum Gasteiger partial charge on any atom is -0.394 e. The molecule has 1 aliphatic rings. The molecule has 130 valence electrons. The van der Waals surface area contributed by atoms with Crippen molar-refractivity contribution in [1.29, 1.82) is 0 Å². The molecule has 0 amide bonds. The van der Waals surface area contributed by atoms with E-state index in [9.17, 15) is 0 Å². The van der Waals surface area contributed by atoms with Crippen LogP contribution in [0.15, 0.2) is 36.9 Å². The minimum atomic E-state index is 0.0440. The second-order valence-corrected chi connectivity index (χ2v) is 6.11. The summed E-state index contributed by atoms with van der Waals surface area (Å²) in [7, 11) is 0. The SMILES string of the molecule is OCCn1ncc2c(N3CCN(Cc4ccccn4)CC3)ncnc21. The molecule has 4 rings (SSSR count). The third kappa shape index (κ3) is 3.31. The predicted molar refractivity (Wildman–Crippen MR) is 94.1 cm³/mol. The highest BCUT2D eigenvalue weighted by Crippen LogP contribution is 2.23. The normalized spacial score (nSPS) is 15.8. The van der Waals surface area contributed by atoms with E-state index in [-0.39, 0.29) is 6.61 Å². The minimum absolute atomic E-state index is 0.0440. The van der Waals surface area contributed by atoms with Crippen LogP contribution in [0.4, 0.5) is 5.82 Å². The van der Waals surface area contributed by atoms with E-state index >= 15 is 0 Å². The number of aliphatic hydroxyl groups excluding tert-OH is 1. The molecule has 0 spiro atoms. The van der Waals surface area contributed by atoms with Gasteiger partial charge in [-0.1, -0.05) is 6.07 Å². The zero-order valence-corrected chi connectivity index (χ0v) is 14.0. The molecule has 1 saturated heterocycles. The van der Waals surface area contributed by atoms with Gasteiger partial charge >= 0.3 is 0 Å². The van der Waals surface area contributed by atoms with Crippen molar-refractivity contribution in [2.45, 2.75) is 13.1 Å². The van der Waals surface area contributed by atoms with Crippen molar-refractivity contribution in [3.63, 3.8) is 0 Å². The highest BCUT2D eigenvalue weighted by Gasteiger charge is 2.21. The van der Waals surface area contributed by atoms with Crippen LogP contribution in [0.2, 0.25) is 0 Å². The van der Waals surface area contributed by atoms with Crippen LogP contribution in [-0.2, 0) is 13.1 Å². The number of piperazine rings is 1. The number of aromatic nitrogens is 5. The Labute approximate surface area is 145 Å². The summed E-state index contributed by atoms with van der Waals surface area (Å²) in [5.41, 5.74) is 1.88. The fourth-order valence-corrected chi connectivity index (χ4v) is 3.23. The molecule has 8 heteroatoms. The number of hydrogen-bond acceptors (Lipinski definition) is 7. The first-order chi connectivity index (χ1) is 12.3. The third-order valence-electron chi connectivity index (χ3n) is 4.51. The van der Waals surface area contributed by atoms with Gasteiger partial charge in [0.2, 0.25) is 0 Å². The Morgan fingerprint density at radius 2 is 1.92 bits per heavy atom. The first-order valence-corrected chi connectivity index (χ1v) is 8.50. The zero-order chi connectivity index (χ0) is 17.1. The largest absolute Gasteiger partial charge is 0.394 e. The summed E-state index contributed by atoms with van der Waals surface area (Å²) in [5, 5.41) is 14.4. The van der Waals surface area contributed by atoms with E-state index in [1.165, 1.54) is 0 Å². The molecule has 0 radical (unpaired) electrons. The van der Waals surface area contributed by atoms with E-state index in [1.807, 2.05) is 18.3 Å². The van der Waals surface area contributed by atoms with Crippen molar-refractivity contribution >= 4 is 16.9 Å². The number of anilines is 1. The van der Waals surface area contributed by atoms with Gasteiger partial charge in [-0.3, -0.25) is 9.88 Å². The second kappa shape index (κ2) is 7.12. The molecule has 25 heavy (non-hydrogen) atoms. The number of pyridine rings is 1. The van der Waals surface area contributed by atoms with Gasteiger partial charge in [-0.05, 0) is 12.1 Å². The summed E-state index contributed by atoms with van der Waals surface area (Å²) >= 11 is 0. The molecule has 1 N–H and O–H groups in total. The molecule has 0 aliphatic carbocycles. The maximum Gasteiger partial charge on any atom is 0.163 e. The lowest BCUT2D eigenvalue weighted by Gasteiger charge is -2.35. The predicted octanol–water partition coefficient (Wildman–Crippen LogP) is 0.536. The van der Waals surface area contributed by atoms with Crippen LogP contribution >= 0.6 is 0 Å². The fraction of sp³-hybridized carbons (Fsp3) is 0.412. The summed E-state index contributed by atoms with van der Waals surface area (Å²) in [5.74, 6) is 0.923. The van der Waals surface area contributed by atoms with Crippen molar-refractivity contribution in [3.8, 4) is 0 Å².